The maximum atomic E-state index is 13.5. The molecule has 6 nitrogen and oxygen atoms in total. The number of aliphatic hydroxyl groups excluding tert-OH is 1. The number of Topliss-reactive ketones (excluding diaryl/α,β-unsaturated/α-hetero) is 2. The number of hydrogen-bond acceptors (Lipinski definition) is 6. The molecule has 7 heteroatoms. The lowest BCUT2D eigenvalue weighted by atomic mass is 9.61. The predicted molar refractivity (Wildman–Crippen MR) is 102 cm³/mol. The smallest absolute Gasteiger partial charge is 0.189 e. The number of allylic oxidation sites excluding steroid dienone is 1. The molecule has 0 amide bonds. The largest absolute Gasteiger partial charge is 0.390 e. The van der Waals surface area contributed by atoms with Gasteiger partial charge < -0.3 is 19.4 Å². The summed E-state index contributed by atoms with van der Waals surface area (Å²) < 4.78 is 12.1. The molecular weight excluding hydrogens is 364 g/mol. The fourth-order valence-corrected chi connectivity index (χ4v) is 6.06. The lowest BCUT2D eigenvalue weighted by molar-refractivity contribution is -0.192. The number of ketones is 2. The summed E-state index contributed by atoms with van der Waals surface area (Å²) in [5.41, 5.74) is 0.150. The molecule has 0 saturated carbocycles. The molecule has 0 fully saturated rings. The molecule has 0 aromatic carbocycles. The molecule has 0 aliphatic heterocycles. The highest BCUT2D eigenvalue weighted by molar-refractivity contribution is 6.69. The van der Waals surface area contributed by atoms with Crippen LogP contribution in [0.2, 0.25) is 19.6 Å². The van der Waals surface area contributed by atoms with Crippen LogP contribution in [0.4, 0.5) is 0 Å². The second-order valence-corrected chi connectivity index (χ2v) is 13.9. The van der Waals surface area contributed by atoms with E-state index in [1.165, 1.54) is 7.11 Å². The SMILES string of the molecule is COC1(O[Si](C)(C)C)C=C(C)C[C@H]2C(=O)C3=C(C(=O)[C@H]21)[C@@H](O)C[C@@](C)(O)C3. The summed E-state index contributed by atoms with van der Waals surface area (Å²) in [6.07, 6.45) is 1.24. The van der Waals surface area contributed by atoms with Crippen molar-refractivity contribution in [3.8, 4) is 0 Å². The molecule has 0 heterocycles. The quantitative estimate of drug-likeness (QED) is 0.433. The second-order valence-electron chi connectivity index (χ2n) is 9.43. The molecule has 0 aromatic rings. The first-order chi connectivity index (χ1) is 12.3. The van der Waals surface area contributed by atoms with Crippen molar-refractivity contribution in [1.29, 1.82) is 0 Å². The van der Waals surface area contributed by atoms with Gasteiger partial charge in [0.2, 0.25) is 0 Å². The molecule has 5 atom stereocenters. The Hall–Kier alpha value is -1.12. The van der Waals surface area contributed by atoms with Crippen molar-refractivity contribution in [2.75, 3.05) is 7.11 Å². The van der Waals surface area contributed by atoms with E-state index < -0.39 is 37.6 Å². The predicted octanol–water partition coefficient (Wildman–Crippen LogP) is 2.12. The summed E-state index contributed by atoms with van der Waals surface area (Å²) in [6, 6.07) is 0. The van der Waals surface area contributed by atoms with Crippen LogP contribution in [-0.2, 0) is 18.8 Å². The first-order valence-electron chi connectivity index (χ1n) is 9.46. The van der Waals surface area contributed by atoms with Crippen LogP contribution in [-0.4, -0.2) is 54.7 Å². The molecule has 2 N–H and O–H groups in total. The van der Waals surface area contributed by atoms with Crippen molar-refractivity contribution in [3.05, 3.63) is 22.8 Å². The summed E-state index contributed by atoms with van der Waals surface area (Å²) in [5, 5.41) is 21.0. The van der Waals surface area contributed by atoms with Crippen molar-refractivity contribution in [2.24, 2.45) is 11.8 Å². The molecule has 0 aromatic heterocycles. The number of methoxy groups -OCH3 is 1. The normalized spacial score (nSPS) is 39.9. The van der Waals surface area contributed by atoms with E-state index in [0.717, 1.165) is 5.57 Å². The molecule has 150 valence electrons. The van der Waals surface area contributed by atoms with Crippen LogP contribution < -0.4 is 0 Å². The highest BCUT2D eigenvalue weighted by atomic mass is 28.4. The average molecular weight is 395 g/mol. The Morgan fingerprint density at radius 3 is 2.41 bits per heavy atom. The third kappa shape index (κ3) is 3.51. The summed E-state index contributed by atoms with van der Waals surface area (Å²) in [4.78, 5) is 26.8. The number of carbonyl (C=O) groups excluding carboxylic acids is 2. The molecule has 3 rings (SSSR count). The van der Waals surface area contributed by atoms with E-state index in [0.29, 0.717) is 6.42 Å². The molecule has 3 aliphatic rings. The van der Waals surface area contributed by atoms with Gasteiger partial charge in [-0.2, -0.15) is 0 Å². The Morgan fingerprint density at radius 2 is 1.85 bits per heavy atom. The summed E-state index contributed by atoms with van der Waals surface area (Å²) >= 11 is 0. The highest BCUT2D eigenvalue weighted by Gasteiger charge is 2.59. The molecule has 0 bridgehead atoms. The van der Waals surface area contributed by atoms with Gasteiger partial charge in [-0.05, 0) is 46.0 Å². The zero-order valence-corrected chi connectivity index (χ0v) is 18.0. The Balaban J connectivity index is 2.15. The zero-order chi connectivity index (χ0) is 20.4. The van der Waals surface area contributed by atoms with Crippen molar-refractivity contribution in [1.82, 2.24) is 0 Å². The molecular formula is C20H30O6Si. The molecule has 0 radical (unpaired) electrons. The standard InChI is InChI=1S/C20H30O6Si/c1-11-7-12-16(20(8-11,25-3)26-27(4,5)6)18(23)15-13(17(12)22)9-19(2,24)10-14(15)21/h8,12,14,16,21,24H,7,9-10H2,1-6H3/t12-,14+,16+,19+,20?/m1/s1. The Labute approximate surface area is 161 Å². The van der Waals surface area contributed by atoms with Gasteiger partial charge in [0.25, 0.3) is 0 Å². The fraction of sp³-hybridized carbons (Fsp3) is 0.700. The zero-order valence-electron chi connectivity index (χ0n) is 17.0. The average Bonchev–Trinajstić information content (AvgIpc) is 2.48. The molecule has 0 spiro atoms. The highest BCUT2D eigenvalue weighted by Crippen LogP contribution is 2.50. The van der Waals surface area contributed by atoms with Gasteiger partial charge in [-0.1, -0.05) is 5.57 Å². The second kappa shape index (κ2) is 6.45. The van der Waals surface area contributed by atoms with Gasteiger partial charge in [-0.3, -0.25) is 9.59 Å². The van der Waals surface area contributed by atoms with Gasteiger partial charge in [-0.25, -0.2) is 0 Å². The topological polar surface area (TPSA) is 93.1 Å². The lowest BCUT2D eigenvalue weighted by Gasteiger charge is -2.50. The van der Waals surface area contributed by atoms with E-state index in [2.05, 4.69) is 0 Å². The van der Waals surface area contributed by atoms with E-state index in [1.807, 2.05) is 32.6 Å². The minimum Gasteiger partial charge on any atom is -0.390 e. The summed E-state index contributed by atoms with van der Waals surface area (Å²) in [7, 11) is -0.635. The van der Waals surface area contributed by atoms with Crippen LogP contribution in [0.1, 0.15) is 33.1 Å². The molecule has 27 heavy (non-hydrogen) atoms. The summed E-state index contributed by atoms with van der Waals surface area (Å²) in [5.74, 6) is -3.19. The van der Waals surface area contributed by atoms with Crippen LogP contribution in [0.25, 0.3) is 0 Å². The van der Waals surface area contributed by atoms with Crippen LogP contribution in [0.15, 0.2) is 22.8 Å². The minimum atomic E-state index is -2.13. The third-order valence-electron chi connectivity index (χ3n) is 5.64. The fourth-order valence-electron chi connectivity index (χ4n) is 4.84. The van der Waals surface area contributed by atoms with Crippen molar-refractivity contribution < 1.29 is 29.0 Å². The van der Waals surface area contributed by atoms with Crippen LogP contribution in [0.5, 0.6) is 0 Å². The monoisotopic (exact) mass is 394 g/mol. The maximum Gasteiger partial charge on any atom is 0.189 e. The minimum absolute atomic E-state index is 0.0337. The van der Waals surface area contributed by atoms with Gasteiger partial charge in [0.05, 0.1) is 17.6 Å². The van der Waals surface area contributed by atoms with E-state index in [4.69, 9.17) is 9.16 Å². The number of rotatable bonds is 3. The molecule has 0 saturated heterocycles. The Morgan fingerprint density at radius 1 is 1.22 bits per heavy atom. The van der Waals surface area contributed by atoms with Crippen molar-refractivity contribution in [3.63, 3.8) is 0 Å². The van der Waals surface area contributed by atoms with Gasteiger partial charge >= 0.3 is 0 Å². The molecule has 3 aliphatic carbocycles. The number of aliphatic hydroxyl groups is 2. The Kier molecular flexibility index (Phi) is 4.93. The van der Waals surface area contributed by atoms with Crippen molar-refractivity contribution >= 4 is 19.9 Å². The Bertz CT molecular complexity index is 744. The van der Waals surface area contributed by atoms with E-state index in [1.54, 1.807) is 6.92 Å². The third-order valence-corrected chi connectivity index (χ3v) is 6.57. The maximum absolute atomic E-state index is 13.5. The first kappa shape index (κ1) is 20.6. The van der Waals surface area contributed by atoms with Crippen LogP contribution in [0.3, 0.4) is 0 Å². The van der Waals surface area contributed by atoms with E-state index >= 15 is 0 Å². The number of carbonyl (C=O) groups is 2. The van der Waals surface area contributed by atoms with Crippen molar-refractivity contribution in [2.45, 2.75) is 70.2 Å². The van der Waals surface area contributed by atoms with Gasteiger partial charge in [0.1, 0.15) is 0 Å². The number of hydrogen-bond donors (Lipinski definition) is 2. The van der Waals surface area contributed by atoms with Gasteiger partial charge in [-0.15, -0.1) is 0 Å². The number of ether oxygens (including phenoxy) is 1. The van der Waals surface area contributed by atoms with Gasteiger partial charge in [0, 0.05) is 37.0 Å². The first-order valence-corrected chi connectivity index (χ1v) is 12.9. The van der Waals surface area contributed by atoms with E-state index in [-0.39, 0.29) is 35.6 Å². The number of fused-ring (bicyclic) bond motifs is 1. The van der Waals surface area contributed by atoms with Crippen LogP contribution in [0, 0.1) is 11.8 Å². The lowest BCUT2D eigenvalue weighted by Crippen LogP contribution is -2.60. The molecule has 1 unspecified atom stereocenters. The summed E-state index contributed by atoms with van der Waals surface area (Å²) in [6.45, 7) is 9.52. The van der Waals surface area contributed by atoms with Crippen LogP contribution >= 0.6 is 0 Å². The van der Waals surface area contributed by atoms with Gasteiger partial charge in [0.15, 0.2) is 25.7 Å². The van der Waals surface area contributed by atoms with E-state index in [9.17, 15) is 19.8 Å².